The first-order chi connectivity index (χ1) is 19.9. The minimum atomic E-state index is -0.305. The first-order valence-electron chi connectivity index (χ1n) is 16.2. The molecule has 5 aliphatic rings. The molecule has 1 aromatic heterocycles. The lowest BCUT2D eigenvalue weighted by molar-refractivity contribution is -0.127. The van der Waals surface area contributed by atoms with Crippen LogP contribution in [0.5, 0.6) is 0 Å². The molecule has 2 amide bonds. The minimum absolute atomic E-state index is 0.0906. The normalized spacial score (nSPS) is 30.6. The Kier molecular flexibility index (Phi) is 8.55. The summed E-state index contributed by atoms with van der Waals surface area (Å²) < 4.78 is 12.0. The number of hydrogen-bond acceptors (Lipinski definition) is 7. The van der Waals surface area contributed by atoms with Gasteiger partial charge in [0.25, 0.3) is 5.91 Å². The van der Waals surface area contributed by atoms with Gasteiger partial charge in [-0.25, -0.2) is 14.8 Å². The molecule has 41 heavy (non-hydrogen) atoms. The largest absolute Gasteiger partial charge is 0.442 e. The molecule has 0 radical (unpaired) electrons. The third-order valence-corrected chi connectivity index (χ3v) is 11.1. The Morgan fingerprint density at radius 1 is 1.02 bits per heavy atom. The van der Waals surface area contributed by atoms with Crippen LogP contribution in [0, 0.1) is 37.5 Å². The van der Waals surface area contributed by atoms with Crippen LogP contribution in [0.3, 0.4) is 0 Å². The fourth-order valence-electron chi connectivity index (χ4n) is 8.59. The molecule has 0 bridgehead atoms. The first-order valence-corrected chi connectivity index (χ1v) is 16.2. The Labute approximate surface area is 245 Å². The van der Waals surface area contributed by atoms with E-state index in [0.29, 0.717) is 35.3 Å². The Balaban J connectivity index is 1.04. The van der Waals surface area contributed by atoms with E-state index in [1.54, 1.807) is 0 Å². The molecule has 0 N–H and O–H groups in total. The van der Waals surface area contributed by atoms with Gasteiger partial charge in [-0.15, -0.1) is 0 Å². The number of carbonyl (C=O) groups is 2. The van der Waals surface area contributed by atoms with E-state index < -0.39 is 0 Å². The van der Waals surface area contributed by atoms with E-state index in [-0.39, 0.29) is 17.6 Å². The smallest absolute Gasteiger partial charge is 0.410 e. The van der Waals surface area contributed by atoms with Crippen molar-refractivity contribution in [2.24, 2.45) is 23.7 Å². The minimum Gasteiger partial charge on any atom is -0.442 e. The number of rotatable bonds is 7. The SMILES string of the molecule is CCCC[C@H]1CN(CC2CCOCC2)C(=O)OC12CCN(C1C[C@@H]3CN(C(=O)c4c(C)ncnc4C)C[C@@H]3C1)CC2. The summed E-state index contributed by atoms with van der Waals surface area (Å²) in [5, 5.41) is 0. The second-order valence-electron chi connectivity index (χ2n) is 13.5. The monoisotopic (exact) mass is 567 g/mol. The van der Waals surface area contributed by atoms with Crippen molar-refractivity contribution in [3.8, 4) is 0 Å². The zero-order chi connectivity index (χ0) is 28.6. The van der Waals surface area contributed by atoms with Crippen LogP contribution in [-0.4, -0.2) is 101 Å². The van der Waals surface area contributed by atoms with Gasteiger partial charge in [0.2, 0.25) is 0 Å². The molecule has 4 saturated heterocycles. The molecule has 6 rings (SSSR count). The van der Waals surface area contributed by atoms with Crippen molar-refractivity contribution in [3.63, 3.8) is 0 Å². The maximum absolute atomic E-state index is 13.3. The van der Waals surface area contributed by atoms with Gasteiger partial charge >= 0.3 is 6.09 Å². The lowest BCUT2D eigenvalue weighted by atomic mass is 9.75. The second kappa shape index (κ2) is 12.2. The number of nitrogens with zero attached hydrogens (tertiary/aromatic N) is 5. The van der Waals surface area contributed by atoms with Crippen molar-refractivity contribution in [1.82, 2.24) is 24.7 Å². The molecule has 4 atom stereocenters. The molecular weight excluding hydrogens is 518 g/mol. The van der Waals surface area contributed by atoms with Gasteiger partial charge in [0, 0.05) is 77.3 Å². The quantitative estimate of drug-likeness (QED) is 0.481. The number of amides is 2. The van der Waals surface area contributed by atoms with Gasteiger partial charge in [-0.05, 0) is 63.7 Å². The molecule has 9 nitrogen and oxygen atoms in total. The summed E-state index contributed by atoms with van der Waals surface area (Å²) in [6.45, 7) is 13.0. The second-order valence-corrected chi connectivity index (χ2v) is 13.5. The highest BCUT2D eigenvalue weighted by Crippen LogP contribution is 2.45. The number of carbonyl (C=O) groups excluding carboxylic acids is 2. The van der Waals surface area contributed by atoms with Gasteiger partial charge in [-0.3, -0.25) is 4.79 Å². The summed E-state index contributed by atoms with van der Waals surface area (Å²) in [6.07, 6.45) is 11.2. The van der Waals surface area contributed by atoms with E-state index in [2.05, 4.69) is 21.8 Å². The molecular formula is C32H49N5O4. The molecule has 5 heterocycles. The van der Waals surface area contributed by atoms with E-state index in [0.717, 1.165) is 109 Å². The molecule has 1 aliphatic carbocycles. The van der Waals surface area contributed by atoms with Gasteiger partial charge in [-0.1, -0.05) is 19.8 Å². The van der Waals surface area contributed by atoms with Gasteiger partial charge < -0.3 is 24.2 Å². The number of aromatic nitrogens is 2. The maximum atomic E-state index is 13.3. The number of piperidine rings is 1. The molecule has 1 spiro atoms. The summed E-state index contributed by atoms with van der Waals surface area (Å²) in [6, 6.07) is 0.571. The summed E-state index contributed by atoms with van der Waals surface area (Å²) in [5.74, 6) is 2.16. The lowest BCUT2D eigenvalue weighted by Gasteiger charge is -2.52. The van der Waals surface area contributed by atoms with Crippen molar-refractivity contribution in [1.29, 1.82) is 0 Å². The van der Waals surface area contributed by atoms with Crippen molar-refractivity contribution in [3.05, 3.63) is 23.3 Å². The number of likely N-dealkylation sites (tertiary alicyclic amines) is 2. The van der Waals surface area contributed by atoms with Crippen LogP contribution >= 0.6 is 0 Å². The Hall–Kier alpha value is -2.26. The number of hydrogen-bond donors (Lipinski definition) is 0. The molecule has 1 unspecified atom stereocenters. The first kappa shape index (κ1) is 28.8. The van der Waals surface area contributed by atoms with Crippen LogP contribution in [-0.2, 0) is 9.47 Å². The van der Waals surface area contributed by atoms with Crippen LogP contribution in [0.25, 0.3) is 0 Å². The van der Waals surface area contributed by atoms with Crippen molar-refractivity contribution < 1.29 is 19.1 Å². The van der Waals surface area contributed by atoms with Crippen molar-refractivity contribution >= 4 is 12.0 Å². The van der Waals surface area contributed by atoms with Gasteiger partial charge in [0.15, 0.2) is 0 Å². The van der Waals surface area contributed by atoms with Gasteiger partial charge in [0.05, 0.1) is 17.0 Å². The fourth-order valence-corrected chi connectivity index (χ4v) is 8.59. The highest BCUT2D eigenvalue weighted by Gasteiger charge is 2.52. The Morgan fingerprint density at radius 2 is 1.68 bits per heavy atom. The number of unbranched alkanes of at least 4 members (excludes halogenated alkanes) is 1. The number of ether oxygens (including phenoxy) is 2. The Bertz CT molecular complexity index is 1070. The maximum Gasteiger partial charge on any atom is 0.410 e. The number of fused-ring (bicyclic) bond motifs is 1. The van der Waals surface area contributed by atoms with Crippen LogP contribution in [0.2, 0.25) is 0 Å². The molecule has 1 aromatic rings. The highest BCUT2D eigenvalue weighted by atomic mass is 16.6. The van der Waals surface area contributed by atoms with E-state index in [1.807, 2.05) is 23.6 Å². The lowest BCUT2D eigenvalue weighted by Crippen LogP contribution is -2.61. The molecule has 226 valence electrons. The topological polar surface area (TPSA) is 88.1 Å². The average Bonchev–Trinajstić information content (AvgIpc) is 3.55. The summed E-state index contributed by atoms with van der Waals surface area (Å²) >= 11 is 0. The van der Waals surface area contributed by atoms with Crippen molar-refractivity contribution in [2.75, 3.05) is 52.5 Å². The van der Waals surface area contributed by atoms with Crippen LogP contribution in [0.1, 0.15) is 86.5 Å². The average molecular weight is 568 g/mol. The molecule has 1 saturated carbocycles. The van der Waals surface area contributed by atoms with Gasteiger partial charge in [-0.2, -0.15) is 0 Å². The van der Waals surface area contributed by atoms with E-state index in [1.165, 1.54) is 19.2 Å². The van der Waals surface area contributed by atoms with Crippen LogP contribution < -0.4 is 0 Å². The predicted octanol–water partition coefficient (Wildman–Crippen LogP) is 4.46. The highest BCUT2D eigenvalue weighted by molar-refractivity contribution is 5.96. The van der Waals surface area contributed by atoms with E-state index in [4.69, 9.17) is 9.47 Å². The predicted molar refractivity (Wildman–Crippen MR) is 156 cm³/mol. The van der Waals surface area contributed by atoms with E-state index >= 15 is 0 Å². The number of aryl methyl sites for hydroxylation is 2. The summed E-state index contributed by atoms with van der Waals surface area (Å²) in [7, 11) is 0. The third-order valence-electron chi connectivity index (χ3n) is 11.1. The zero-order valence-electron chi connectivity index (χ0n) is 25.4. The summed E-state index contributed by atoms with van der Waals surface area (Å²) in [4.78, 5) is 41.9. The fraction of sp³-hybridized carbons (Fsp3) is 0.812. The molecule has 4 aliphatic heterocycles. The van der Waals surface area contributed by atoms with Gasteiger partial charge in [0.1, 0.15) is 11.9 Å². The van der Waals surface area contributed by atoms with Crippen molar-refractivity contribution in [2.45, 2.75) is 90.2 Å². The molecule has 5 fully saturated rings. The zero-order valence-corrected chi connectivity index (χ0v) is 25.4. The van der Waals surface area contributed by atoms with Crippen LogP contribution in [0.15, 0.2) is 6.33 Å². The van der Waals surface area contributed by atoms with Crippen LogP contribution in [0.4, 0.5) is 4.79 Å². The molecule has 9 heteroatoms. The Morgan fingerprint density at radius 3 is 2.32 bits per heavy atom. The van der Waals surface area contributed by atoms with E-state index in [9.17, 15) is 9.59 Å². The third kappa shape index (κ3) is 5.85. The summed E-state index contributed by atoms with van der Waals surface area (Å²) in [5.41, 5.74) is 1.91. The molecule has 0 aromatic carbocycles. The standard InChI is InChI=1S/C32H49N5O4/c1-4-5-6-27-20-37(17-24-7-13-40-14-8-24)31(39)41-32(27)9-11-35(12-10-32)28-15-25-18-36(19-26(25)16-28)30(38)29-22(2)33-21-34-23(29)3/h21,24-28H,4-20H2,1-3H3/t25-,26+,27-,28?/m0/s1.